The molecule has 0 unspecified atom stereocenters. The minimum atomic E-state index is -0.673. The lowest BCUT2D eigenvalue weighted by molar-refractivity contribution is -0.127. The Morgan fingerprint density at radius 1 is 1.16 bits per heavy atom. The van der Waals surface area contributed by atoms with Crippen molar-refractivity contribution >= 4 is 28.7 Å². The van der Waals surface area contributed by atoms with E-state index in [1.54, 1.807) is 7.11 Å². The van der Waals surface area contributed by atoms with Crippen molar-refractivity contribution in [3.8, 4) is 5.75 Å². The van der Waals surface area contributed by atoms with Crippen LogP contribution in [0.25, 0.3) is 10.9 Å². The molecule has 32 heavy (non-hydrogen) atoms. The Labute approximate surface area is 185 Å². The van der Waals surface area contributed by atoms with Crippen LogP contribution in [0, 0.1) is 0 Å². The number of hydrogen-bond donors (Lipinski definition) is 3. The molecule has 8 nitrogen and oxygen atoms in total. The number of aromatic nitrogens is 1. The molecular formula is C24H26N4O4. The van der Waals surface area contributed by atoms with Crippen LogP contribution >= 0.6 is 0 Å². The van der Waals surface area contributed by atoms with Crippen LogP contribution in [0.2, 0.25) is 0 Å². The molecule has 1 atom stereocenters. The number of urea groups is 1. The van der Waals surface area contributed by atoms with Crippen LogP contribution in [0.5, 0.6) is 5.75 Å². The van der Waals surface area contributed by atoms with Crippen molar-refractivity contribution in [2.24, 2.45) is 0 Å². The van der Waals surface area contributed by atoms with Gasteiger partial charge in [0.2, 0.25) is 5.91 Å². The number of rotatable bonds is 9. The third kappa shape index (κ3) is 4.74. The van der Waals surface area contributed by atoms with Crippen LogP contribution in [-0.4, -0.2) is 47.4 Å². The molecule has 1 saturated heterocycles. The lowest BCUT2D eigenvalue weighted by Crippen LogP contribution is -2.33. The highest BCUT2D eigenvalue weighted by atomic mass is 16.5. The van der Waals surface area contributed by atoms with Crippen LogP contribution in [0.1, 0.15) is 24.0 Å². The highest BCUT2D eigenvalue weighted by molar-refractivity contribution is 6.04. The standard InChI is InChI=1S/C24H26N4O4/c1-32-18-6-4-5-16(13-18)14-26-22(29)10-9-21-23(30)28(24(31)27-21)12-11-17-15-25-20-8-3-2-7-19(17)20/h2-8,13,15,21,25H,9-12,14H2,1H3,(H,26,29)(H,27,31)/t21-/m0/s1. The maximum absolute atomic E-state index is 12.7. The number of benzene rings is 2. The lowest BCUT2D eigenvalue weighted by Gasteiger charge is -2.13. The Hall–Kier alpha value is -3.81. The molecule has 0 aliphatic carbocycles. The second-order valence-corrected chi connectivity index (χ2v) is 7.77. The minimum absolute atomic E-state index is 0.150. The number of carbonyl (C=O) groups excluding carboxylic acids is 3. The molecule has 166 valence electrons. The summed E-state index contributed by atoms with van der Waals surface area (Å²) < 4.78 is 5.18. The number of carbonyl (C=O) groups is 3. The third-order valence-corrected chi connectivity index (χ3v) is 5.67. The first-order chi connectivity index (χ1) is 15.5. The number of fused-ring (bicyclic) bond motifs is 1. The maximum atomic E-state index is 12.7. The number of methoxy groups -OCH3 is 1. The Bertz CT molecular complexity index is 1140. The second-order valence-electron chi connectivity index (χ2n) is 7.77. The van der Waals surface area contributed by atoms with Gasteiger partial charge in [0.15, 0.2) is 0 Å². The van der Waals surface area contributed by atoms with Gasteiger partial charge in [0.25, 0.3) is 5.91 Å². The molecule has 4 rings (SSSR count). The molecule has 1 aliphatic rings. The van der Waals surface area contributed by atoms with Gasteiger partial charge in [-0.15, -0.1) is 0 Å². The van der Waals surface area contributed by atoms with Gasteiger partial charge in [-0.1, -0.05) is 30.3 Å². The number of ether oxygens (including phenoxy) is 1. The topological polar surface area (TPSA) is 104 Å². The molecule has 2 aromatic carbocycles. The van der Waals surface area contributed by atoms with Gasteiger partial charge in [-0.25, -0.2) is 4.79 Å². The summed E-state index contributed by atoms with van der Waals surface area (Å²) >= 11 is 0. The molecule has 2 heterocycles. The number of nitrogens with zero attached hydrogens (tertiary/aromatic N) is 1. The summed E-state index contributed by atoms with van der Waals surface area (Å²) in [5.74, 6) is 0.270. The summed E-state index contributed by atoms with van der Waals surface area (Å²) in [6.07, 6.45) is 2.89. The lowest BCUT2D eigenvalue weighted by atomic mass is 10.1. The largest absolute Gasteiger partial charge is 0.497 e. The van der Waals surface area contributed by atoms with Gasteiger partial charge in [-0.3, -0.25) is 14.5 Å². The molecule has 0 bridgehead atoms. The summed E-state index contributed by atoms with van der Waals surface area (Å²) in [6, 6.07) is 14.3. The van der Waals surface area contributed by atoms with E-state index in [0.717, 1.165) is 27.8 Å². The smallest absolute Gasteiger partial charge is 0.324 e. The van der Waals surface area contributed by atoms with Crippen molar-refractivity contribution in [1.29, 1.82) is 0 Å². The molecule has 1 aromatic heterocycles. The number of H-pyrrole nitrogens is 1. The van der Waals surface area contributed by atoms with Crippen molar-refractivity contribution in [2.45, 2.75) is 31.8 Å². The fraction of sp³-hybridized carbons (Fsp3) is 0.292. The average molecular weight is 434 g/mol. The van der Waals surface area contributed by atoms with Crippen LogP contribution in [0.4, 0.5) is 4.79 Å². The molecule has 3 aromatic rings. The van der Waals surface area contributed by atoms with Crippen LogP contribution < -0.4 is 15.4 Å². The normalized spacial score (nSPS) is 15.8. The monoisotopic (exact) mass is 434 g/mol. The zero-order valence-electron chi connectivity index (χ0n) is 17.9. The molecule has 8 heteroatoms. The van der Waals surface area contributed by atoms with Crippen molar-refractivity contribution < 1.29 is 19.1 Å². The Balaban J connectivity index is 1.25. The first-order valence-electron chi connectivity index (χ1n) is 10.6. The summed E-state index contributed by atoms with van der Waals surface area (Å²) in [5, 5.41) is 6.62. The van der Waals surface area contributed by atoms with Gasteiger partial charge in [0.1, 0.15) is 11.8 Å². The van der Waals surface area contributed by atoms with Gasteiger partial charge in [0.05, 0.1) is 7.11 Å². The van der Waals surface area contributed by atoms with Gasteiger partial charge in [-0.2, -0.15) is 0 Å². The average Bonchev–Trinajstić information content (AvgIpc) is 3.35. The Morgan fingerprint density at radius 2 is 2.00 bits per heavy atom. The summed E-state index contributed by atoms with van der Waals surface area (Å²) in [5.41, 5.74) is 3.01. The molecule has 4 amide bonds. The molecule has 1 aliphatic heterocycles. The quantitative estimate of drug-likeness (QED) is 0.451. The van der Waals surface area contributed by atoms with Gasteiger partial charge in [-0.05, 0) is 42.2 Å². The molecular weight excluding hydrogens is 408 g/mol. The number of amides is 4. The van der Waals surface area contributed by atoms with Crippen molar-refractivity contribution in [1.82, 2.24) is 20.5 Å². The minimum Gasteiger partial charge on any atom is -0.497 e. The first-order valence-corrected chi connectivity index (χ1v) is 10.6. The third-order valence-electron chi connectivity index (χ3n) is 5.67. The number of aromatic amines is 1. The summed E-state index contributed by atoms with van der Waals surface area (Å²) in [6.45, 7) is 0.669. The fourth-order valence-electron chi connectivity index (χ4n) is 3.90. The van der Waals surface area contributed by atoms with Crippen molar-refractivity contribution in [2.75, 3.05) is 13.7 Å². The van der Waals surface area contributed by atoms with E-state index in [1.165, 1.54) is 4.90 Å². The number of imide groups is 1. The fourth-order valence-corrected chi connectivity index (χ4v) is 3.90. The van der Waals surface area contributed by atoms with E-state index in [-0.39, 0.29) is 24.7 Å². The van der Waals surface area contributed by atoms with E-state index in [1.807, 2.05) is 54.7 Å². The highest BCUT2D eigenvalue weighted by Crippen LogP contribution is 2.20. The summed E-state index contributed by atoms with van der Waals surface area (Å²) in [7, 11) is 1.59. The zero-order chi connectivity index (χ0) is 22.5. The van der Waals surface area contributed by atoms with E-state index >= 15 is 0 Å². The Morgan fingerprint density at radius 3 is 2.84 bits per heavy atom. The number of para-hydroxylation sites is 1. The van der Waals surface area contributed by atoms with E-state index in [4.69, 9.17) is 4.74 Å². The van der Waals surface area contributed by atoms with Gasteiger partial charge >= 0.3 is 6.03 Å². The van der Waals surface area contributed by atoms with Crippen molar-refractivity contribution in [3.63, 3.8) is 0 Å². The molecule has 1 fully saturated rings. The van der Waals surface area contributed by atoms with Gasteiger partial charge < -0.3 is 20.4 Å². The van der Waals surface area contributed by atoms with E-state index in [9.17, 15) is 14.4 Å². The highest BCUT2D eigenvalue weighted by Gasteiger charge is 2.37. The van der Waals surface area contributed by atoms with Crippen LogP contribution in [0.15, 0.2) is 54.7 Å². The summed E-state index contributed by atoms with van der Waals surface area (Å²) in [4.78, 5) is 41.7. The van der Waals surface area contributed by atoms with E-state index in [2.05, 4.69) is 15.6 Å². The van der Waals surface area contributed by atoms with E-state index < -0.39 is 12.1 Å². The Kier molecular flexibility index (Phi) is 6.39. The SMILES string of the molecule is COc1cccc(CNC(=O)CC[C@@H]2NC(=O)N(CCc3c[nH]c4ccccc34)C2=O)c1. The zero-order valence-corrected chi connectivity index (χ0v) is 17.9. The second kappa shape index (κ2) is 9.55. The predicted molar refractivity (Wildman–Crippen MR) is 120 cm³/mol. The molecule has 0 spiro atoms. The van der Waals surface area contributed by atoms with E-state index in [0.29, 0.717) is 19.5 Å². The number of nitrogens with one attached hydrogen (secondary N) is 3. The van der Waals surface area contributed by atoms with Crippen LogP contribution in [-0.2, 0) is 22.6 Å². The maximum Gasteiger partial charge on any atom is 0.324 e. The van der Waals surface area contributed by atoms with Crippen molar-refractivity contribution in [3.05, 3.63) is 65.9 Å². The predicted octanol–water partition coefficient (Wildman–Crippen LogP) is 2.74. The first kappa shape index (κ1) is 21.4. The van der Waals surface area contributed by atoms with Crippen LogP contribution in [0.3, 0.4) is 0 Å². The molecule has 0 saturated carbocycles. The van der Waals surface area contributed by atoms with Gasteiger partial charge in [0, 0.05) is 36.6 Å². The number of hydrogen-bond acceptors (Lipinski definition) is 4. The molecule has 0 radical (unpaired) electrons. The molecule has 3 N–H and O–H groups in total.